The number of nitrogens with one attached hydrogen (secondary N) is 1. The summed E-state index contributed by atoms with van der Waals surface area (Å²) in [4.78, 5) is 14.4. The van der Waals surface area contributed by atoms with Gasteiger partial charge < -0.3 is 4.98 Å². The molecule has 0 amide bonds. The second-order valence-corrected chi connectivity index (χ2v) is 3.11. The maximum Gasteiger partial charge on any atom is 0.199 e. The van der Waals surface area contributed by atoms with Crippen LogP contribution in [0, 0.1) is 16.7 Å². The van der Waals surface area contributed by atoms with Crippen molar-refractivity contribution >= 4 is 5.78 Å². The SMILES string of the molecule is N#CC1(C(=O)c2ccc[nH]2)CC1. The first-order chi connectivity index (χ1) is 5.78. The third-order valence-corrected chi connectivity index (χ3v) is 2.24. The van der Waals surface area contributed by atoms with Gasteiger partial charge >= 0.3 is 0 Å². The predicted octanol–water partition coefficient (Wildman–Crippen LogP) is 1.50. The van der Waals surface area contributed by atoms with Gasteiger partial charge in [0.25, 0.3) is 0 Å². The normalized spacial score (nSPS) is 18.2. The van der Waals surface area contributed by atoms with E-state index >= 15 is 0 Å². The van der Waals surface area contributed by atoms with Crippen LogP contribution in [0.3, 0.4) is 0 Å². The summed E-state index contributed by atoms with van der Waals surface area (Å²) in [5.74, 6) is -0.0602. The van der Waals surface area contributed by atoms with Crippen LogP contribution in [0.1, 0.15) is 23.3 Å². The Morgan fingerprint density at radius 2 is 2.42 bits per heavy atom. The molecule has 1 N–H and O–H groups in total. The van der Waals surface area contributed by atoms with Crippen molar-refractivity contribution in [3.63, 3.8) is 0 Å². The van der Waals surface area contributed by atoms with Crippen LogP contribution < -0.4 is 0 Å². The van der Waals surface area contributed by atoms with Crippen LogP contribution in [0.15, 0.2) is 18.3 Å². The van der Waals surface area contributed by atoms with Crippen molar-refractivity contribution in [2.24, 2.45) is 5.41 Å². The number of rotatable bonds is 2. The molecule has 1 aromatic heterocycles. The van der Waals surface area contributed by atoms with Crippen LogP contribution in [-0.2, 0) is 0 Å². The molecule has 0 atom stereocenters. The summed E-state index contributed by atoms with van der Waals surface area (Å²) in [7, 11) is 0. The maximum absolute atomic E-state index is 11.6. The first-order valence-electron chi connectivity index (χ1n) is 3.88. The second-order valence-electron chi connectivity index (χ2n) is 3.11. The number of ketones is 1. The summed E-state index contributed by atoms with van der Waals surface area (Å²) < 4.78 is 0. The van der Waals surface area contributed by atoms with E-state index in [9.17, 15) is 4.79 Å². The molecular formula is C9H8N2O. The highest BCUT2D eigenvalue weighted by molar-refractivity contribution is 6.02. The second kappa shape index (κ2) is 2.21. The highest BCUT2D eigenvalue weighted by Crippen LogP contribution is 2.47. The monoisotopic (exact) mass is 160 g/mol. The third-order valence-electron chi connectivity index (χ3n) is 2.24. The molecule has 1 fully saturated rings. The lowest BCUT2D eigenvalue weighted by Crippen LogP contribution is -2.13. The van der Waals surface area contributed by atoms with Gasteiger partial charge in [0.2, 0.25) is 0 Å². The van der Waals surface area contributed by atoms with Gasteiger partial charge in [0.1, 0.15) is 5.41 Å². The van der Waals surface area contributed by atoms with E-state index in [2.05, 4.69) is 11.1 Å². The molecule has 0 unspecified atom stereocenters. The topological polar surface area (TPSA) is 56.6 Å². The molecule has 0 saturated heterocycles. The minimum Gasteiger partial charge on any atom is -0.359 e. The van der Waals surface area contributed by atoms with E-state index in [-0.39, 0.29) is 5.78 Å². The fourth-order valence-electron chi connectivity index (χ4n) is 1.24. The molecule has 1 aromatic rings. The fourth-order valence-corrected chi connectivity index (χ4v) is 1.24. The van der Waals surface area contributed by atoms with Gasteiger partial charge in [-0.3, -0.25) is 4.79 Å². The van der Waals surface area contributed by atoms with Gasteiger partial charge in [-0.1, -0.05) is 0 Å². The minimum absolute atomic E-state index is 0.0602. The molecule has 1 aliphatic rings. The van der Waals surface area contributed by atoms with Crippen LogP contribution in [0.25, 0.3) is 0 Å². The Labute approximate surface area is 70.0 Å². The number of aromatic amines is 1. The van der Waals surface area contributed by atoms with Crippen molar-refractivity contribution in [3.8, 4) is 6.07 Å². The molecule has 0 bridgehead atoms. The summed E-state index contributed by atoms with van der Waals surface area (Å²) in [6.07, 6.45) is 3.11. The lowest BCUT2D eigenvalue weighted by Gasteiger charge is -2.00. The largest absolute Gasteiger partial charge is 0.359 e. The number of carbonyl (C=O) groups excluding carboxylic acids is 1. The van der Waals surface area contributed by atoms with Crippen LogP contribution in [-0.4, -0.2) is 10.8 Å². The highest BCUT2D eigenvalue weighted by Gasteiger charge is 2.50. The first-order valence-corrected chi connectivity index (χ1v) is 3.88. The molecule has 0 aromatic carbocycles. The number of nitriles is 1. The standard InChI is InChI=1S/C9H8N2O/c10-6-9(3-4-9)8(12)7-2-1-5-11-7/h1-2,5,11H,3-4H2. The van der Waals surface area contributed by atoms with E-state index in [1.54, 1.807) is 18.3 Å². The predicted molar refractivity (Wildman–Crippen MR) is 42.4 cm³/mol. The Morgan fingerprint density at radius 1 is 1.67 bits per heavy atom. The van der Waals surface area contributed by atoms with Gasteiger partial charge in [0.15, 0.2) is 5.78 Å². The van der Waals surface area contributed by atoms with E-state index in [4.69, 9.17) is 5.26 Å². The van der Waals surface area contributed by atoms with Crippen LogP contribution in [0.4, 0.5) is 0 Å². The summed E-state index contributed by atoms with van der Waals surface area (Å²) in [6.45, 7) is 0. The molecule has 3 nitrogen and oxygen atoms in total. The quantitative estimate of drug-likeness (QED) is 0.666. The van der Waals surface area contributed by atoms with Gasteiger partial charge in [-0.25, -0.2) is 0 Å². The Hall–Kier alpha value is -1.56. The van der Waals surface area contributed by atoms with Gasteiger partial charge in [-0.05, 0) is 25.0 Å². The van der Waals surface area contributed by atoms with Gasteiger partial charge in [0.05, 0.1) is 11.8 Å². The fraction of sp³-hybridized carbons (Fsp3) is 0.333. The van der Waals surface area contributed by atoms with E-state index in [1.807, 2.05) is 0 Å². The first kappa shape index (κ1) is 7.11. The van der Waals surface area contributed by atoms with Crippen molar-refractivity contribution in [2.45, 2.75) is 12.8 Å². The molecule has 3 heteroatoms. The summed E-state index contributed by atoms with van der Waals surface area (Å²) in [6, 6.07) is 5.54. The summed E-state index contributed by atoms with van der Waals surface area (Å²) >= 11 is 0. The lowest BCUT2D eigenvalue weighted by atomic mass is 10.0. The molecule has 0 spiro atoms. The molecule has 60 valence electrons. The Bertz CT molecular complexity index is 341. The van der Waals surface area contributed by atoms with E-state index in [0.717, 1.165) is 0 Å². The van der Waals surface area contributed by atoms with Crippen LogP contribution in [0.2, 0.25) is 0 Å². The van der Waals surface area contributed by atoms with Crippen LogP contribution >= 0.6 is 0 Å². The average Bonchev–Trinajstić information content (AvgIpc) is 2.71. The van der Waals surface area contributed by atoms with Crippen molar-refractivity contribution in [1.29, 1.82) is 5.26 Å². The molecule has 2 rings (SSSR count). The molecule has 0 radical (unpaired) electrons. The number of H-pyrrole nitrogens is 1. The summed E-state index contributed by atoms with van der Waals surface area (Å²) in [5, 5.41) is 8.74. The number of hydrogen-bond acceptors (Lipinski definition) is 2. The zero-order valence-electron chi connectivity index (χ0n) is 6.50. The zero-order valence-corrected chi connectivity index (χ0v) is 6.50. The number of nitrogens with zero attached hydrogens (tertiary/aromatic N) is 1. The third kappa shape index (κ3) is 0.850. The van der Waals surface area contributed by atoms with Gasteiger partial charge in [-0.2, -0.15) is 5.26 Å². The number of carbonyl (C=O) groups is 1. The number of hydrogen-bond donors (Lipinski definition) is 1. The van der Waals surface area contributed by atoms with Crippen molar-refractivity contribution in [3.05, 3.63) is 24.0 Å². The Morgan fingerprint density at radius 3 is 2.83 bits per heavy atom. The average molecular weight is 160 g/mol. The molecule has 0 aliphatic heterocycles. The van der Waals surface area contributed by atoms with E-state index in [0.29, 0.717) is 18.5 Å². The number of aromatic nitrogens is 1. The molecular weight excluding hydrogens is 152 g/mol. The zero-order chi connectivity index (χ0) is 8.60. The van der Waals surface area contributed by atoms with Crippen LogP contribution in [0.5, 0.6) is 0 Å². The molecule has 1 aliphatic carbocycles. The lowest BCUT2D eigenvalue weighted by molar-refractivity contribution is 0.0930. The number of Topliss-reactive ketones (excluding diaryl/α,β-unsaturated/α-hetero) is 1. The van der Waals surface area contributed by atoms with Gasteiger partial charge in [0, 0.05) is 6.20 Å². The molecule has 12 heavy (non-hydrogen) atoms. The maximum atomic E-state index is 11.6. The minimum atomic E-state index is -0.690. The molecule has 1 heterocycles. The summed E-state index contributed by atoms with van der Waals surface area (Å²) in [5.41, 5.74) is -0.140. The smallest absolute Gasteiger partial charge is 0.199 e. The van der Waals surface area contributed by atoms with E-state index < -0.39 is 5.41 Å². The Balaban J connectivity index is 2.29. The van der Waals surface area contributed by atoms with Crippen molar-refractivity contribution in [1.82, 2.24) is 4.98 Å². The van der Waals surface area contributed by atoms with Crippen molar-refractivity contribution in [2.75, 3.05) is 0 Å². The van der Waals surface area contributed by atoms with Crippen molar-refractivity contribution < 1.29 is 4.79 Å². The highest BCUT2D eigenvalue weighted by atomic mass is 16.1. The van der Waals surface area contributed by atoms with E-state index in [1.165, 1.54) is 0 Å². The molecule has 1 saturated carbocycles. The van der Waals surface area contributed by atoms with Gasteiger partial charge in [-0.15, -0.1) is 0 Å². The Kier molecular flexibility index (Phi) is 1.31.